The summed E-state index contributed by atoms with van der Waals surface area (Å²) in [6.45, 7) is 3.64. The van der Waals surface area contributed by atoms with E-state index in [0.717, 1.165) is 11.1 Å². The third-order valence-corrected chi connectivity index (χ3v) is 2.52. The molecule has 3 heteroatoms. The van der Waals surface area contributed by atoms with Crippen LogP contribution in [0.2, 0.25) is 0 Å². The average Bonchev–Trinajstić information content (AvgIpc) is 2.16. The number of rotatable bonds is 3. The second-order valence-electron chi connectivity index (χ2n) is 3.27. The number of ketones is 1. The highest BCUT2D eigenvalue weighted by molar-refractivity contribution is 6.34. The number of hydrogen-bond donors (Lipinski definition) is 0. The van der Waals surface area contributed by atoms with Crippen molar-refractivity contribution in [1.29, 1.82) is 0 Å². The van der Waals surface area contributed by atoms with Gasteiger partial charge in [0.25, 0.3) is 0 Å². The van der Waals surface area contributed by atoms with Gasteiger partial charge in [-0.05, 0) is 19.4 Å². The molecule has 1 atom stereocenters. The third kappa shape index (κ3) is 2.49. The summed E-state index contributed by atoms with van der Waals surface area (Å²) in [6, 6.07) is 5.59. The second kappa shape index (κ2) is 4.81. The van der Waals surface area contributed by atoms with Crippen LogP contribution in [0.1, 0.15) is 28.4 Å². The Kier molecular flexibility index (Phi) is 3.97. The van der Waals surface area contributed by atoms with Gasteiger partial charge in [0.1, 0.15) is 0 Å². The van der Waals surface area contributed by atoms with Gasteiger partial charge in [-0.3, -0.25) is 4.79 Å². The van der Waals surface area contributed by atoms with Gasteiger partial charge in [0.2, 0.25) is 0 Å². The minimum absolute atomic E-state index is 0.0673. The zero-order valence-corrected chi connectivity index (χ0v) is 9.69. The van der Waals surface area contributed by atoms with E-state index >= 15 is 0 Å². The lowest BCUT2D eigenvalue weighted by Gasteiger charge is -2.08. The van der Waals surface area contributed by atoms with Crippen LogP contribution >= 0.6 is 23.2 Å². The summed E-state index contributed by atoms with van der Waals surface area (Å²) in [4.78, 5) is 11.6. The van der Waals surface area contributed by atoms with E-state index in [1.165, 1.54) is 0 Å². The summed E-state index contributed by atoms with van der Waals surface area (Å²) < 4.78 is 0. The Labute approximate surface area is 94.0 Å². The number of halogens is 2. The van der Waals surface area contributed by atoms with E-state index in [1.54, 1.807) is 13.0 Å². The summed E-state index contributed by atoms with van der Waals surface area (Å²) in [5.41, 5.74) is 2.58. The lowest BCUT2D eigenvalue weighted by atomic mass is 10.0. The van der Waals surface area contributed by atoms with Crippen molar-refractivity contribution in [3.8, 4) is 0 Å². The van der Waals surface area contributed by atoms with Crippen molar-refractivity contribution in [2.24, 2.45) is 0 Å². The maximum Gasteiger partial charge on any atom is 0.180 e. The molecular formula is C11H12Cl2O. The molecule has 0 aliphatic carbocycles. The smallest absolute Gasteiger partial charge is 0.180 e. The number of carbonyl (C=O) groups is 1. The van der Waals surface area contributed by atoms with Gasteiger partial charge >= 0.3 is 0 Å². The van der Waals surface area contributed by atoms with E-state index in [-0.39, 0.29) is 5.78 Å². The Hall–Kier alpha value is -0.530. The highest BCUT2D eigenvalue weighted by atomic mass is 35.5. The van der Waals surface area contributed by atoms with Crippen molar-refractivity contribution < 1.29 is 4.79 Å². The summed E-state index contributed by atoms with van der Waals surface area (Å²) in [7, 11) is 0. The first kappa shape index (κ1) is 11.5. The normalized spacial score (nSPS) is 12.6. The number of Topliss-reactive ketones (excluding diaryl/α,β-unsaturated/α-hetero) is 1. The maximum absolute atomic E-state index is 11.6. The molecule has 14 heavy (non-hydrogen) atoms. The third-order valence-electron chi connectivity index (χ3n) is 2.03. The van der Waals surface area contributed by atoms with Crippen LogP contribution in [0.3, 0.4) is 0 Å². The molecule has 0 saturated carbocycles. The van der Waals surface area contributed by atoms with Crippen molar-refractivity contribution in [3.05, 3.63) is 34.9 Å². The minimum Gasteiger partial charge on any atom is -0.293 e. The molecule has 0 bridgehead atoms. The SMILES string of the molecule is Cc1ccc(C(=O)C(C)Cl)c(CCl)c1. The van der Waals surface area contributed by atoms with Crippen LogP contribution < -0.4 is 0 Å². The van der Waals surface area contributed by atoms with Gasteiger partial charge in [-0.2, -0.15) is 0 Å². The number of aryl methyl sites for hydroxylation is 1. The van der Waals surface area contributed by atoms with Gasteiger partial charge in [-0.1, -0.05) is 23.8 Å². The van der Waals surface area contributed by atoms with Crippen LogP contribution in [0.4, 0.5) is 0 Å². The molecule has 0 aliphatic heterocycles. The van der Waals surface area contributed by atoms with E-state index in [0.29, 0.717) is 11.4 Å². The molecule has 1 aromatic rings. The lowest BCUT2D eigenvalue weighted by Crippen LogP contribution is -2.12. The molecule has 0 heterocycles. The first-order valence-corrected chi connectivity index (χ1v) is 5.37. The zero-order chi connectivity index (χ0) is 10.7. The van der Waals surface area contributed by atoms with Crippen molar-refractivity contribution in [1.82, 2.24) is 0 Å². The predicted octanol–water partition coefficient (Wildman–Crippen LogP) is 3.54. The summed E-state index contributed by atoms with van der Waals surface area (Å²) in [6.07, 6.45) is 0. The van der Waals surface area contributed by atoms with Crippen molar-refractivity contribution in [2.45, 2.75) is 25.1 Å². The molecule has 0 aliphatic rings. The largest absolute Gasteiger partial charge is 0.293 e. The number of alkyl halides is 2. The monoisotopic (exact) mass is 230 g/mol. The van der Waals surface area contributed by atoms with Crippen LogP contribution in [0, 0.1) is 6.92 Å². The highest BCUT2D eigenvalue weighted by Gasteiger charge is 2.15. The van der Waals surface area contributed by atoms with Gasteiger partial charge in [0.05, 0.1) is 5.38 Å². The number of hydrogen-bond acceptors (Lipinski definition) is 1. The van der Waals surface area contributed by atoms with Crippen molar-refractivity contribution in [3.63, 3.8) is 0 Å². The summed E-state index contributed by atoms with van der Waals surface area (Å²) in [5, 5.41) is -0.500. The average molecular weight is 231 g/mol. The quantitative estimate of drug-likeness (QED) is 0.574. The van der Waals surface area contributed by atoms with E-state index in [9.17, 15) is 4.79 Å². The molecule has 0 saturated heterocycles. The molecule has 1 aromatic carbocycles. The fourth-order valence-electron chi connectivity index (χ4n) is 1.29. The molecule has 76 valence electrons. The Morgan fingerprint density at radius 1 is 1.50 bits per heavy atom. The number of carbonyl (C=O) groups excluding carboxylic acids is 1. The van der Waals surface area contributed by atoms with E-state index in [2.05, 4.69) is 0 Å². The minimum atomic E-state index is -0.500. The highest BCUT2D eigenvalue weighted by Crippen LogP contribution is 2.17. The molecule has 0 fully saturated rings. The van der Waals surface area contributed by atoms with Crippen molar-refractivity contribution >= 4 is 29.0 Å². The molecule has 0 radical (unpaired) electrons. The molecule has 1 rings (SSSR count). The summed E-state index contributed by atoms with van der Waals surface area (Å²) in [5.74, 6) is 0.272. The van der Waals surface area contributed by atoms with Gasteiger partial charge < -0.3 is 0 Å². The van der Waals surface area contributed by atoms with Gasteiger partial charge in [0.15, 0.2) is 5.78 Å². The lowest BCUT2D eigenvalue weighted by molar-refractivity contribution is 0.0991. The second-order valence-corrected chi connectivity index (χ2v) is 4.20. The summed E-state index contributed by atoms with van der Waals surface area (Å²) >= 11 is 11.5. The zero-order valence-electron chi connectivity index (χ0n) is 8.18. The van der Waals surface area contributed by atoms with Gasteiger partial charge in [-0.15, -0.1) is 23.2 Å². The van der Waals surface area contributed by atoms with Gasteiger partial charge in [-0.25, -0.2) is 0 Å². The Morgan fingerprint density at radius 2 is 2.14 bits per heavy atom. The maximum atomic E-state index is 11.6. The Balaban J connectivity index is 3.14. The first-order chi connectivity index (χ1) is 6.56. The van der Waals surface area contributed by atoms with Crippen LogP contribution in [-0.2, 0) is 5.88 Å². The molecular weight excluding hydrogens is 219 g/mol. The van der Waals surface area contributed by atoms with E-state index in [4.69, 9.17) is 23.2 Å². The van der Waals surface area contributed by atoms with Crippen LogP contribution in [0.25, 0.3) is 0 Å². The fraction of sp³-hybridized carbons (Fsp3) is 0.364. The molecule has 0 aromatic heterocycles. The Bertz CT molecular complexity index is 345. The fourth-order valence-corrected chi connectivity index (χ4v) is 1.63. The van der Waals surface area contributed by atoms with E-state index in [1.807, 2.05) is 19.1 Å². The standard InChI is InChI=1S/C11H12Cl2O/c1-7-3-4-10(9(5-7)6-12)11(14)8(2)13/h3-5,8H,6H2,1-2H3. The van der Waals surface area contributed by atoms with Crippen LogP contribution in [-0.4, -0.2) is 11.2 Å². The van der Waals surface area contributed by atoms with Crippen LogP contribution in [0.5, 0.6) is 0 Å². The molecule has 0 amide bonds. The van der Waals surface area contributed by atoms with Gasteiger partial charge in [0, 0.05) is 11.4 Å². The predicted molar refractivity (Wildman–Crippen MR) is 60.4 cm³/mol. The molecule has 1 unspecified atom stereocenters. The van der Waals surface area contributed by atoms with Crippen molar-refractivity contribution in [2.75, 3.05) is 0 Å². The van der Waals surface area contributed by atoms with E-state index < -0.39 is 5.38 Å². The Morgan fingerprint density at radius 3 is 2.64 bits per heavy atom. The molecule has 0 N–H and O–H groups in total. The molecule has 0 spiro atoms. The topological polar surface area (TPSA) is 17.1 Å². The number of benzene rings is 1. The first-order valence-electron chi connectivity index (χ1n) is 4.40. The molecule has 1 nitrogen and oxygen atoms in total. The van der Waals surface area contributed by atoms with Crippen LogP contribution in [0.15, 0.2) is 18.2 Å².